The van der Waals surface area contributed by atoms with Gasteiger partial charge in [0, 0.05) is 30.6 Å². The SMILES string of the molecule is CCc1nsc(NC(C)COC2CCOC2)n1. The molecule has 1 aliphatic rings. The lowest BCUT2D eigenvalue weighted by molar-refractivity contribution is 0.0395. The van der Waals surface area contributed by atoms with Gasteiger partial charge < -0.3 is 14.8 Å². The third kappa shape index (κ3) is 3.90. The van der Waals surface area contributed by atoms with E-state index in [1.165, 1.54) is 11.5 Å². The molecule has 2 heterocycles. The van der Waals surface area contributed by atoms with Crippen molar-refractivity contribution < 1.29 is 9.47 Å². The lowest BCUT2D eigenvalue weighted by Crippen LogP contribution is -2.25. The number of ether oxygens (including phenoxy) is 2. The Kier molecular flexibility index (Phi) is 4.70. The molecule has 0 spiro atoms. The Morgan fingerprint density at radius 1 is 1.65 bits per heavy atom. The zero-order valence-corrected chi connectivity index (χ0v) is 11.1. The Labute approximate surface area is 106 Å². The third-order valence-corrected chi connectivity index (χ3v) is 3.31. The molecule has 0 bridgehead atoms. The smallest absolute Gasteiger partial charge is 0.202 e. The van der Waals surface area contributed by atoms with Gasteiger partial charge in [-0.05, 0) is 13.3 Å². The average Bonchev–Trinajstić information content (AvgIpc) is 2.97. The normalized spacial score (nSPS) is 21.6. The molecule has 2 rings (SSSR count). The minimum Gasteiger partial charge on any atom is -0.379 e. The molecule has 1 aliphatic heterocycles. The molecule has 2 atom stereocenters. The fourth-order valence-corrected chi connectivity index (χ4v) is 2.40. The first-order chi connectivity index (χ1) is 8.28. The first-order valence-corrected chi connectivity index (χ1v) is 6.83. The van der Waals surface area contributed by atoms with Gasteiger partial charge in [-0.15, -0.1) is 0 Å². The number of rotatable bonds is 6. The van der Waals surface area contributed by atoms with E-state index in [0.717, 1.165) is 37.0 Å². The monoisotopic (exact) mass is 257 g/mol. The standard InChI is InChI=1S/C11H19N3O2S/c1-3-10-13-11(17-14-10)12-8(2)6-16-9-4-5-15-7-9/h8-9H,3-7H2,1-2H3,(H,12,13,14). The van der Waals surface area contributed by atoms with E-state index in [1.807, 2.05) is 0 Å². The van der Waals surface area contributed by atoms with Crippen molar-refractivity contribution >= 4 is 16.7 Å². The minimum absolute atomic E-state index is 0.244. The van der Waals surface area contributed by atoms with Crippen LogP contribution in [0.5, 0.6) is 0 Å². The molecule has 2 unspecified atom stereocenters. The molecule has 1 N–H and O–H groups in total. The second-order valence-electron chi connectivity index (χ2n) is 4.23. The van der Waals surface area contributed by atoms with Crippen LogP contribution in [0.15, 0.2) is 0 Å². The molecule has 0 saturated carbocycles. The van der Waals surface area contributed by atoms with Crippen molar-refractivity contribution in [3.63, 3.8) is 0 Å². The molecule has 1 aromatic heterocycles. The van der Waals surface area contributed by atoms with Crippen molar-refractivity contribution in [1.29, 1.82) is 0 Å². The van der Waals surface area contributed by atoms with Crippen LogP contribution in [0.1, 0.15) is 26.1 Å². The Hall–Kier alpha value is -0.720. The summed E-state index contributed by atoms with van der Waals surface area (Å²) in [5.41, 5.74) is 0. The van der Waals surface area contributed by atoms with Gasteiger partial charge in [0.25, 0.3) is 0 Å². The second-order valence-corrected chi connectivity index (χ2v) is 4.99. The summed E-state index contributed by atoms with van der Waals surface area (Å²) in [6.07, 6.45) is 2.15. The minimum atomic E-state index is 0.244. The highest BCUT2D eigenvalue weighted by molar-refractivity contribution is 7.09. The lowest BCUT2D eigenvalue weighted by atomic mass is 10.3. The van der Waals surface area contributed by atoms with Gasteiger partial charge in [-0.2, -0.15) is 4.37 Å². The van der Waals surface area contributed by atoms with E-state index in [9.17, 15) is 0 Å². The van der Waals surface area contributed by atoms with E-state index in [2.05, 4.69) is 28.5 Å². The van der Waals surface area contributed by atoms with E-state index < -0.39 is 0 Å². The van der Waals surface area contributed by atoms with Crippen molar-refractivity contribution in [1.82, 2.24) is 9.36 Å². The van der Waals surface area contributed by atoms with Gasteiger partial charge in [-0.3, -0.25) is 0 Å². The van der Waals surface area contributed by atoms with Crippen LogP contribution in [-0.2, 0) is 15.9 Å². The summed E-state index contributed by atoms with van der Waals surface area (Å²) in [5.74, 6) is 0.898. The zero-order chi connectivity index (χ0) is 12.1. The van der Waals surface area contributed by atoms with Crippen LogP contribution < -0.4 is 5.32 Å². The zero-order valence-electron chi connectivity index (χ0n) is 10.3. The first-order valence-electron chi connectivity index (χ1n) is 6.06. The summed E-state index contributed by atoms with van der Waals surface area (Å²) >= 11 is 1.41. The largest absolute Gasteiger partial charge is 0.379 e. The maximum Gasteiger partial charge on any atom is 0.202 e. The summed E-state index contributed by atoms with van der Waals surface area (Å²) in [6.45, 7) is 6.37. The van der Waals surface area contributed by atoms with E-state index in [0.29, 0.717) is 6.61 Å². The number of hydrogen-bond donors (Lipinski definition) is 1. The lowest BCUT2D eigenvalue weighted by Gasteiger charge is -2.15. The second kappa shape index (κ2) is 6.28. The summed E-state index contributed by atoms with van der Waals surface area (Å²) in [7, 11) is 0. The molecule has 0 aliphatic carbocycles. The highest BCUT2D eigenvalue weighted by Crippen LogP contribution is 2.14. The van der Waals surface area contributed by atoms with E-state index in [1.54, 1.807) is 0 Å². The van der Waals surface area contributed by atoms with Gasteiger partial charge in [0.2, 0.25) is 5.13 Å². The van der Waals surface area contributed by atoms with Gasteiger partial charge in [0.05, 0.1) is 19.3 Å². The van der Waals surface area contributed by atoms with Crippen LogP contribution in [0.3, 0.4) is 0 Å². The van der Waals surface area contributed by atoms with Gasteiger partial charge in [-0.1, -0.05) is 6.92 Å². The number of nitrogens with one attached hydrogen (secondary N) is 1. The van der Waals surface area contributed by atoms with Crippen LogP contribution in [-0.4, -0.2) is 41.3 Å². The molecule has 96 valence electrons. The summed E-state index contributed by atoms with van der Waals surface area (Å²) in [6, 6.07) is 0.244. The number of aromatic nitrogens is 2. The number of anilines is 1. The Morgan fingerprint density at radius 3 is 3.18 bits per heavy atom. The van der Waals surface area contributed by atoms with Crippen molar-refractivity contribution in [2.75, 3.05) is 25.1 Å². The molecule has 6 heteroatoms. The topological polar surface area (TPSA) is 56.3 Å². The van der Waals surface area contributed by atoms with Gasteiger partial charge in [0.1, 0.15) is 5.82 Å². The van der Waals surface area contributed by atoms with Crippen molar-refractivity contribution in [2.45, 2.75) is 38.8 Å². The predicted molar refractivity (Wildman–Crippen MR) is 67.5 cm³/mol. The predicted octanol–water partition coefficient (Wildman–Crippen LogP) is 1.71. The molecule has 17 heavy (non-hydrogen) atoms. The summed E-state index contributed by atoms with van der Waals surface area (Å²) < 4.78 is 15.2. The van der Waals surface area contributed by atoms with Crippen molar-refractivity contribution in [3.05, 3.63) is 5.82 Å². The molecule has 5 nitrogen and oxygen atoms in total. The van der Waals surface area contributed by atoms with Gasteiger partial charge in [0.15, 0.2) is 0 Å². The van der Waals surface area contributed by atoms with Crippen LogP contribution in [0.4, 0.5) is 5.13 Å². The fourth-order valence-electron chi connectivity index (χ4n) is 1.63. The number of aryl methyl sites for hydroxylation is 1. The Balaban J connectivity index is 1.70. The summed E-state index contributed by atoms with van der Waals surface area (Å²) in [4.78, 5) is 4.36. The van der Waals surface area contributed by atoms with Crippen LogP contribution in [0.2, 0.25) is 0 Å². The number of nitrogens with zero attached hydrogens (tertiary/aromatic N) is 2. The van der Waals surface area contributed by atoms with Gasteiger partial charge >= 0.3 is 0 Å². The van der Waals surface area contributed by atoms with E-state index in [4.69, 9.17) is 9.47 Å². The average molecular weight is 257 g/mol. The molecule has 0 amide bonds. The van der Waals surface area contributed by atoms with Crippen LogP contribution in [0.25, 0.3) is 0 Å². The third-order valence-electron chi connectivity index (χ3n) is 2.62. The molecular formula is C11H19N3O2S. The maximum absolute atomic E-state index is 5.74. The quantitative estimate of drug-likeness (QED) is 0.840. The molecule has 0 aromatic carbocycles. The van der Waals surface area contributed by atoms with Crippen LogP contribution in [0, 0.1) is 0 Å². The highest BCUT2D eigenvalue weighted by Gasteiger charge is 2.17. The van der Waals surface area contributed by atoms with E-state index >= 15 is 0 Å². The Morgan fingerprint density at radius 2 is 2.53 bits per heavy atom. The van der Waals surface area contributed by atoms with E-state index in [-0.39, 0.29) is 12.1 Å². The highest BCUT2D eigenvalue weighted by atomic mass is 32.1. The molecule has 1 saturated heterocycles. The van der Waals surface area contributed by atoms with Crippen molar-refractivity contribution in [3.8, 4) is 0 Å². The van der Waals surface area contributed by atoms with Crippen molar-refractivity contribution in [2.24, 2.45) is 0 Å². The molecule has 0 radical (unpaired) electrons. The van der Waals surface area contributed by atoms with Gasteiger partial charge in [-0.25, -0.2) is 4.98 Å². The Bertz CT molecular complexity index is 339. The molecule has 1 fully saturated rings. The molecular weight excluding hydrogens is 238 g/mol. The first kappa shape index (κ1) is 12.7. The summed E-state index contributed by atoms with van der Waals surface area (Å²) in [5, 5.41) is 4.18. The number of hydrogen-bond acceptors (Lipinski definition) is 6. The van der Waals surface area contributed by atoms with Crippen LogP contribution >= 0.6 is 11.5 Å². The fraction of sp³-hybridized carbons (Fsp3) is 0.818. The molecule has 1 aromatic rings. The maximum atomic E-state index is 5.74.